The molecule has 1 aliphatic heterocycles. The highest BCUT2D eigenvalue weighted by Gasteiger charge is 2.14. The van der Waals surface area contributed by atoms with E-state index in [2.05, 4.69) is 34.4 Å². The molecule has 0 aromatic carbocycles. The van der Waals surface area contributed by atoms with Gasteiger partial charge in [-0.05, 0) is 26.7 Å². The summed E-state index contributed by atoms with van der Waals surface area (Å²) in [6.45, 7) is 6.75. The van der Waals surface area contributed by atoms with Crippen molar-refractivity contribution in [2.75, 3.05) is 18.5 Å². The SMILES string of the molecule is CC(C)Nc1ncc(CNCC2CCCO2)cn1. The van der Waals surface area contributed by atoms with Crippen LogP contribution in [0.4, 0.5) is 5.95 Å². The molecule has 0 radical (unpaired) electrons. The molecule has 0 amide bonds. The number of aromatic nitrogens is 2. The molecule has 2 rings (SSSR count). The third-order valence-electron chi connectivity index (χ3n) is 2.85. The molecule has 0 bridgehead atoms. The number of nitrogens with zero attached hydrogens (tertiary/aromatic N) is 2. The molecule has 5 heteroatoms. The molecular weight excluding hydrogens is 228 g/mol. The van der Waals surface area contributed by atoms with Gasteiger partial charge in [-0.25, -0.2) is 9.97 Å². The van der Waals surface area contributed by atoms with Crippen LogP contribution in [0.25, 0.3) is 0 Å². The summed E-state index contributed by atoms with van der Waals surface area (Å²) in [6, 6.07) is 0.355. The quantitative estimate of drug-likeness (QED) is 0.802. The minimum atomic E-state index is 0.355. The number of anilines is 1. The second-order valence-corrected chi connectivity index (χ2v) is 4.98. The van der Waals surface area contributed by atoms with E-state index in [-0.39, 0.29) is 0 Å². The van der Waals surface area contributed by atoms with Gasteiger partial charge in [0, 0.05) is 43.7 Å². The molecule has 100 valence electrons. The molecule has 0 saturated carbocycles. The van der Waals surface area contributed by atoms with E-state index in [1.54, 1.807) is 0 Å². The first-order valence-corrected chi connectivity index (χ1v) is 6.64. The third kappa shape index (κ3) is 4.23. The maximum Gasteiger partial charge on any atom is 0.222 e. The molecule has 1 aliphatic rings. The van der Waals surface area contributed by atoms with Gasteiger partial charge in [0.15, 0.2) is 0 Å². The lowest BCUT2D eigenvalue weighted by Crippen LogP contribution is -2.25. The molecule has 0 spiro atoms. The Morgan fingerprint density at radius 3 is 2.78 bits per heavy atom. The fourth-order valence-electron chi connectivity index (χ4n) is 1.96. The van der Waals surface area contributed by atoms with Gasteiger partial charge in [-0.2, -0.15) is 0 Å². The van der Waals surface area contributed by atoms with E-state index in [9.17, 15) is 0 Å². The maximum absolute atomic E-state index is 5.55. The van der Waals surface area contributed by atoms with E-state index in [1.807, 2.05) is 12.4 Å². The molecule has 2 N–H and O–H groups in total. The van der Waals surface area contributed by atoms with Crippen molar-refractivity contribution in [2.24, 2.45) is 0 Å². The Bertz CT molecular complexity index is 347. The summed E-state index contributed by atoms with van der Waals surface area (Å²) in [6.07, 6.45) is 6.46. The standard InChI is InChI=1S/C13H22N4O/c1-10(2)17-13-15-7-11(8-16-13)6-14-9-12-4-3-5-18-12/h7-8,10,12,14H,3-6,9H2,1-2H3,(H,15,16,17). The van der Waals surface area contributed by atoms with Gasteiger partial charge in [0.25, 0.3) is 0 Å². The van der Waals surface area contributed by atoms with Crippen LogP contribution in [-0.4, -0.2) is 35.3 Å². The van der Waals surface area contributed by atoms with E-state index < -0.39 is 0 Å². The fraction of sp³-hybridized carbons (Fsp3) is 0.692. The molecular formula is C13H22N4O. The van der Waals surface area contributed by atoms with Gasteiger partial charge in [-0.3, -0.25) is 0 Å². The summed E-state index contributed by atoms with van der Waals surface area (Å²) < 4.78 is 5.55. The van der Waals surface area contributed by atoms with Crippen LogP contribution in [-0.2, 0) is 11.3 Å². The van der Waals surface area contributed by atoms with Crippen molar-refractivity contribution in [3.8, 4) is 0 Å². The number of rotatable bonds is 6. The lowest BCUT2D eigenvalue weighted by atomic mass is 10.2. The average Bonchev–Trinajstić information content (AvgIpc) is 2.84. The summed E-state index contributed by atoms with van der Waals surface area (Å²) in [5.74, 6) is 0.688. The van der Waals surface area contributed by atoms with Crippen molar-refractivity contribution in [1.82, 2.24) is 15.3 Å². The highest BCUT2D eigenvalue weighted by molar-refractivity contribution is 5.25. The van der Waals surface area contributed by atoms with Gasteiger partial charge in [0.2, 0.25) is 5.95 Å². The zero-order valence-corrected chi connectivity index (χ0v) is 11.1. The number of hydrogen-bond acceptors (Lipinski definition) is 5. The number of hydrogen-bond donors (Lipinski definition) is 2. The Labute approximate surface area is 108 Å². The van der Waals surface area contributed by atoms with Crippen LogP contribution in [0.2, 0.25) is 0 Å². The van der Waals surface area contributed by atoms with Gasteiger partial charge in [-0.15, -0.1) is 0 Å². The Morgan fingerprint density at radius 2 is 2.17 bits per heavy atom. The second-order valence-electron chi connectivity index (χ2n) is 4.98. The number of nitrogens with one attached hydrogen (secondary N) is 2. The summed E-state index contributed by atoms with van der Waals surface area (Å²) in [5.41, 5.74) is 1.10. The number of ether oxygens (including phenoxy) is 1. The van der Waals surface area contributed by atoms with E-state index >= 15 is 0 Å². The Hall–Kier alpha value is -1.20. The summed E-state index contributed by atoms with van der Waals surface area (Å²) >= 11 is 0. The predicted octanol–water partition coefficient (Wildman–Crippen LogP) is 1.57. The molecule has 1 unspecified atom stereocenters. The lowest BCUT2D eigenvalue weighted by Gasteiger charge is -2.11. The zero-order chi connectivity index (χ0) is 12.8. The largest absolute Gasteiger partial charge is 0.377 e. The first-order valence-electron chi connectivity index (χ1n) is 6.64. The van der Waals surface area contributed by atoms with Crippen LogP contribution in [0, 0.1) is 0 Å². The van der Waals surface area contributed by atoms with Crippen LogP contribution in [0.1, 0.15) is 32.3 Å². The second kappa shape index (κ2) is 6.66. The summed E-state index contributed by atoms with van der Waals surface area (Å²) in [7, 11) is 0. The van der Waals surface area contributed by atoms with Gasteiger partial charge < -0.3 is 15.4 Å². The van der Waals surface area contributed by atoms with Crippen molar-refractivity contribution < 1.29 is 4.74 Å². The van der Waals surface area contributed by atoms with Crippen molar-refractivity contribution in [1.29, 1.82) is 0 Å². The molecule has 1 atom stereocenters. The predicted molar refractivity (Wildman–Crippen MR) is 71.5 cm³/mol. The van der Waals surface area contributed by atoms with Crippen LogP contribution in [0.15, 0.2) is 12.4 Å². The first kappa shape index (κ1) is 13.2. The van der Waals surface area contributed by atoms with E-state index in [0.717, 1.165) is 25.3 Å². The monoisotopic (exact) mass is 250 g/mol. The van der Waals surface area contributed by atoms with Crippen LogP contribution < -0.4 is 10.6 Å². The smallest absolute Gasteiger partial charge is 0.222 e. The maximum atomic E-state index is 5.55. The van der Waals surface area contributed by atoms with Gasteiger partial charge in [-0.1, -0.05) is 0 Å². The minimum Gasteiger partial charge on any atom is -0.377 e. The van der Waals surface area contributed by atoms with Crippen molar-refractivity contribution >= 4 is 5.95 Å². The molecule has 1 fully saturated rings. The molecule has 1 saturated heterocycles. The first-order chi connectivity index (χ1) is 8.74. The molecule has 5 nitrogen and oxygen atoms in total. The third-order valence-corrected chi connectivity index (χ3v) is 2.85. The fourth-order valence-corrected chi connectivity index (χ4v) is 1.96. The Balaban J connectivity index is 1.72. The van der Waals surface area contributed by atoms with E-state index in [0.29, 0.717) is 18.1 Å². The normalized spacial score (nSPS) is 19.4. The van der Waals surface area contributed by atoms with Crippen LogP contribution >= 0.6 is 0 Å². The molecule has 18 heavy (non-hydrogen) atoms. The van der Waals surface area contributed by atoms with Crippen LogP contribution in [0.5, 0.6) is 0 Å². The molecule has 2 heterocycles. The Kier molecular flexibility index (Phi) is 4.90. The van der Waals surface area contributed by atoms with Crippen molar-refractivity contribution in [2.45, 2.75) is 45.4 Å². The average molecular weight is 250 g/mol. The summed E-state index contributed by atoms with van der Waals surface area (Å²) in [4.78, 5) is 8.55. The van der Waals surface area contributed by atoms with Gasteiger partial charge in [0.1, 0.15) is 0 Å². The summed E-state index contributed by atoms with van der Waals surface area (Å²) in [5, 5.41) is 6.55. The topological polar surface area (TPSA) is 59.1 Å². The Morgan fingerprint density at radius 1 is 1.39 bits per heavy atom. The zero-order valence-electron chi connectivity index (χ0n) is 11.1. The van der Waals surface area contributed by atoms with Gasteiger partial charge in [0.05, 0.1) is 6.10 Å². The highest BCUT2D eigenvalue weighted by Crippen LogP contribution is 2.10. The van der Waals surface area contributed by atoms with Crippen molar-refractivity contribution in [3.05, 3.63) is 18.0 Å². The van der Waals surface area contributed by atoms with Gasteiger partial charge >= 0.3 is 0 Å². The van der Waals surface area contributed by atoms with E-state index in [1.165, 1.54) is 12.8 Å². The molecule has 1 aromatic heterocycles. The molecule has 1 aromatic rings. The van der Waals surface area contributed by atoms with E-state index in [4.69, 9.17) is 4.74 Å². The van der Waals surface area contributed by atoms with Crippen molar-refractivity contribution in [3.63, 3.8) is 0 Å². The lowest BCUT2D eigenvalue weighted by molar-refractivity contribution is 0.110. The molecule has 0 aliphatic carbocycles. The van der Waals surface area contributed by atoms with Crippen LogP contribution in [0.3, 0.4) is 0 Å². The highest BCUT2D eigenvalue weighted by atomic mass is 16.5. The minimum absolute atomic E-state index is 0.355.